The molecule has 1 unspecified atom stereocenters. The van der Waals surface area contributed by atoms with Crippen molar-refractivity contribution in [3.63, 3.8) is 0 Å². The van der Waals surface area contributed by atoms with Gasteiger partial charge in [-0.3, -0.25) is 14.5 Å². The molecule has 6 heteroatoms. The average molecular weight is 342 g/mol. The molecule has 0 aromatic carbocycles. The number of β-lactam (4-membered cyclic amide) rings is 1. The summed E-state index contributed by atoms with van der Waals surface area (Å²) in [4.78, 5) is 26.3. The topological polar surface area (TPSA) is 46.6 Å². The van der Waals surface area contributed by atoms with Gasteiger partial charge in [-0.2, -0.15) is 0 Å². The van der Waals surface area contributed by atoms with Gasteiger partial charge in [-0.05, 0) is 44.5 Å². The summed E-state index contributed by atoms with van der Waals surface area (Å²) in [6.45, 7) is 16.7. The minimum atomic E-state index is -1.92. The lowest BCUT2D eigenvalue weighted by Gasteiger charge is -2.47. The molecule has 0 N–H and O–H groups in total. The molecular formula is C16H27NO3SSi. The fourth-order valence-corrected chi connectivity index (χ4v) is 5.57. The summed E-state index contributed by atoms with van der Waals surface area (Å²) in [5, 5.41) is 0.0438. The highest BCUT2D eigenvalue weighted by Crippen LogP contribution is 2.50. The van der Waals surface area contributed by atoms with Crippen LogP contribution in [0.2, 0.25) is 18.1 Å². The van der Waals surface area contributed by atoms with Crippen molar-refractivity contribution in [1.29, 1.82) is 0 Å². The molecule has 124 valence electrons. The molecule has 3 atom stereocenters. The lowest BCUT2D eigenvalue weighted by molar-refractivity contribution is -0.152. The Hall–Kier alpha value is -0.593. The van der Waals surface area contributed by atoms with Crippen LogP contribution in [0.25, 0.3) is 0 Å². The minimum Gasteiger partial charge on any atom is -0.413 e. The quantitative estimate of drug-likeness (QED) is 0.445. The molecule has 0 aromatic rings. The molecular weight excluding hydrogens is 314 g/mol. The van der Waals surface area contributed by atoms with Crippen LogP contribution in [0.1, 0.15) is 41.5 Å². The molecule has 0 aromatic heterocycles. The van der Waals surface area contributed by atoms with Crippen LogP contribution >= 0.6 is 11.8 Å². The molecule has 2 fully saturated rings. The highest BCUT2D eigenvalue weighted by Gasteiger charge is 2.59. The van der Waals surface area contributed by atoms with Crippen molar-refractivity contribution in [3.05, 3.63) is 11.3 Å². The van der Waals surface area contributed by atoms with Crippen molar-refractivity contribution in [2.24, 2.45) is 5.92 Å². The maximum Gasteiger partial charge on any atom is 0.237 e. The third-order valence-electron chi connectivity index (χ3n) is 5.01. The van der Waals surface area contributed by atoms with Crippen molar-refractivity contribution in [1.82, 2.24) is 4.90 Å². The second kappa shape index (κ2) is 5.49. The van der Waals surface area contributed by atoms with Crippen molar-refractivity contribution in [2.75, 3.05) is 0 Å². The summed E-state index contributed by atoms with van der Waals surface area (Å²) >= 11 is 1.27. The van der Waals surface area contributed by atoms with Gasteiger partial charge < -0.3 is 4.43 Å². The first kappa shape index (κ1) is 17.8. The van der Waals surface area contributed by atoms with Gasteiger partial charge in [0.15, 0.2) is 8.32 Å². The van der Waals surface area contributed by atoms with Crippen molar-refractivity contribution in [3.8, 4) is 0 Å². The zero-order valence-electron chi connectivity index (χ0n) is 14.8. The normalized spacial score (nSPS) is 26.9. The van der Waals surface area contributed by atoms with E-state index in [9.17, 15) is 9.59 Å². The number of rotatable bonds is 3. The van der Waals surface area contributed by atoms with Crippen LogP contribution in [-0.4, -0.2) is 35.7 Å². The van der Waals surface area contributed by atoms with Crippen LogP contribution in [0, 0.1) is 5.92 Å². The zero-order valence-corrected chi connectivity index (χ0v) is 16.6. The molecule has 4 nitrogen and oxygen atoms in total. The fourth-order valence-electron chi connectivity index (χ4n) is 2.71. The summed E-state index contributed by atoms with van der Waals surface area (Å²) in [6, 6.07) is 0. The van der Waals surface area contributed by atoms with Gasteiger partial charge in [0.25, 0.3) is 0 Å². The second-order valence-electron chi connectivity index (χ2n) is 7.96. The van der Waals surface area contributed by atoms with Gasteiger partial charge in [-0.1, -0.05) is 32.5 Å². The van der Waals surface area contributed by atoms with Crippen LogP contribution < -0.4 is 0 Å². The highest BCUT2D eigenvalue weighted by atomic mass is 32.2. The molecule has 22 heavy (non-hydrogen) atoms. The van der Waals surface area contributed by atoms with Crippen LogP contribution in [0.4, 0.5) is 0 Å². The molecule has 0 saturated carbocycles. The monoisotopic (exact) mass is 341 g/mol. The molecule has 2 saturated heterocycles. The van der Waals surface area contributed by atoms with Gasteiger partial charge in [-0.15, -0.1) is 0 Å². The van der Waals surface area contributed by atoms with Crippen LogP contribution in [0.15, 0.2) is 11.3 Å². The Morgan fingerprint density at radius 1 is 1.27 bits per heavy atom. The first-order chi connectivity index (χ1) is 9.88. The molecule has 0 bridgehead atoms. The second-order valence-corrected chi connectivity index (χ2v) is 13.8. The molecule has 2 aliphatic rings. The SMILES string of the molecule is CC(C)=C1C(=O)S[C@@H]2[C@H](C(C)O[Si](C)(C)C(C)(C)C)C(=O)N12. The predicted octanol–water partition coefficient (Wildman–Crippen LogP) is 3.75. The standard InChI is InChI=1S/C16H27NO3SSi/c1-9(2)12-15(19)21-14-11(13(18)17(12)14)10(3)20-22(7,8)16(4,5)6/h10-11,14H,1-8H3/t10?,11-,14-/m1/s1. The minimum absolute atomic E-state index is 0.0142. The van der Waals surface area contributed by atoms with E-state index >= 15 is 0 Å². The predicted molar refractivity (Wildman–Crippen MR) is 92.8 cm³/mol. The highest BCUT2D eigenvalue weighted by molar-refractivity contribution is 8.15. The molecule has 2 aliphatic heterocycles. The van der Waals surface area contributed by atoms with E-state index in [1.54, 1.807) is 4.90 Å². The first-order valence-corrected chi connectivity index (χ1v) is 11.6. The summed E-state index contributed by atoms with van der Waals surface area (Å²) in [6.07, 6.45) is -0.147. The molecule has 0 spiro atoms. The maximum absolute atomic E-state index is 12.5. The van der Waals surface area contributed by atoms with Crippen LogP contribution in [0.3, 0.4) is 0 Å². The van der Waals surface area contributed by atoms with Crippen molar-refractivity contribution >= 4 is 31.1 Å². The first-order valence-electron chi connectivity index (χ1n) is 7.78. The number of hydrogen-bond acceptors (Lipinski definition) is 4. The Bertz CT molecular complexity index is 546. The van der Waals surface area contributed by atoms with Gasteiger partial charge in [0, 0.05) is 0 Å². The Morgan fingerprint density at radius 2 is 1.82 bits per heavy atom. The molecule has 1 amide bonds. The number of nitrogens with zero attached hydrogens (tertiary/aromatic N) is 1. The number of allylic oxidation sites excluding steroid dienone is 1. The van der Waals surface area contributed by atoms with Gasteiger partial charge in [0.2, 0.25) is 11.0 Å². The fraction of sp³-hybridized carbons (Fsp3) is 0.750. The van der Waals surface area contributed by atoms with E-state index < -0.39 is 8.32 Å². The van der Waals surface area contributed by atoms with Crippen molar-refractivity contribution in [2.45, 2.75) is 71.2 Å². The molecule has 0 aliphatic carbocycles. The zero-order chi connectivity index (χ0) is 17.0. The van der Waals surface area contributed by atoms with Crippen LogP contribution in [-0.2, 0) is 14.0 Å². The molecule has 2 rings (SSSR count). The summed E-state index contributed by atoms with van der Waals surface area (Å²) in [5.41, 5.74) is 1.49. The van der Waals surface area contributed by atoms with E-state index in [1.165, 1.54) is 11.8 Å². The third kappa shape index (κ3) is 2.69. The Labute approximate surface area is 138 Å². The van der Waals surface area contributed by atoms with E-state index in [2.05, 4.69) is 33.9 Å². The van der Waals surface area contributed by atoms with E-state index in [1.807, 2.05) is 20.8 Å². The molecule has 2 heterocycles. The number of carbonyl (C=O) groups excluding carboxylic acids is 2. The number of amides is 1. The smallest absolute Gasteiger partial charge is 0.237 e. The van der Waals surface area contributed by atoms with E-state index in [4.69, 9.17) is 4.43 Å². The largest absolute Gasteiger partial charge is 0.413 e. The van der Waals surface area contributed by atoms with E-state index in [0.29, 0.717) is 5.70 Å². The number of hydrogen-bond donors (Lipinski definition) is 0. The van der Waals surface area contributed by atoms with Crippen LogP contribution in [0.5, 0.6) is 0 Å². The number of fused-ring (bicyclic) bond motifs is 1. The van der Waals surface area contributed by atoms with Crippen molar-refractivity contribution < 1.29 is 14.0 Å². The summed E-state index contributed by atoms with van der Waals surface area (Å²) in [7, 11) is -1.92. The Kier molecular flexibility index (Phi) is 4.43. The molecule has 0 radical (unpaired) electrons. The van der Waals surface area contributed by atoms with Gasteiger partial charge in [0.1, 0.15) is 5.37 Å². The van der Waals surface area contributed by atoms with Gasteiger partial charge in [-0.25, -0.2) is 0 Å². The average Bonchev–Trinajstić information content (AvgIpc) is 2.60. The van der Waals surface area contributed by atoms with Gasteiger partial charge >= 0.3 is 0 Å². The van der Waals surface area contributed by atoms with Gasteiger partial charge in [0.05, 0.1) is 17.7 Å². The number of carbonyl (C=O) groups is 2. The third-order valence-corrected chi connectivity index (χ3v) is 10.7. The van der Waals surface area contributed by atoms with E-state index in [-0.39, 0.29) is 33.5 Å². The maximum atomic E-state index is 12.5. The number of thioether (sulfide) groups is 1. The van der Waals surface area contributed by atoms with E-state index in [0.717, 1.165) is 5.57 Å². The Balaban J connectivity index is 2.16. The lowest BCUT2D eigenvalue weighted by Crippen LogP contribution is -2.61. The summed E-state index contributed by atoms with van der Waals surface area (Å²) < 4.78 is 6.37. The Morgan fingerprint density at radius 3 is 2.27 bits per heavy atom. The lowest BCUT2D eigenvalue weighted by atomic mass is 9.92. The summed E-state index contributed by atoms with van der Waals surface area (Å²) in [5.74, 6) is -0.175.